The number of halogens is 1. The number of carbonyl (C=O) groups is 1. The Morgan fingerprint density at radius 2 is 2.08 bits per heavy atom. The molecule has 0 bridgehead atoms. The van der Waals surface area contributed by atoms with Gasteiger partial charge in [0.1, 0.15) is 12.4 Å². The molecule has 1 amide bonds. The van der Waals surface area contributed by atoms with E-state index in [0.29, 0.717) is 28.4 Å². The number of aromatic nitrogens is 1. The normalized spacial score (nSPS) is 17.0. The van der Waals surface area contributed by atoms with Crippen molar-refractivity contribution in [1.82, 2.24) is 4.57 Å². The number of carbonyl (C=O) groups excluding carboxylic acids is 1. The first-order chi connectivity index (χ1) is 12.2. The first-order valence-corrected chi connectivity index (χ1v) is 8.74. The predicted molar refractivity (Wildman–Crippen MR) is 92.4 cm³/mol. The van der Waals surface area contributed by atoms with Crippen LogP contribution in [0.25, 0.3) is 10.2 Å². The van der Waals surface area contributed by atoms with Crippen molar-refractivity contribution in [2.24, 2.45) is 4.99 Å². The van der Waals surface area contributed by atoms with Crippen LogP contribution >= 0.6 is 11.3 Å². The molecule has 25 heavy (non-hydrogen) atoms. The van der Waals surface area contributed by atoms with E-state index in [0.717, 1.165) is 4.70 Å². The maximum atomic E-state index is 14.1. The number of fused-ring (bicyclic) bond motifs is 2. The molecule has 0 saturated carbocycles. The summed E-state index contributed by atoms with van der Waals surface area (Å²) in [7, 11) is 0. The number of amides is 1. The zero-order chi connectivity index (χ0) is 17.4. The number of para-hydroxylation sites is 3. The molecule has 4 rings (SSSR count). The lowest BCUT2D eigenvalue weighted by molar-refractivity contribution is -0.127. The van der Waals surface area contributed by atoms with E-state index in [-0.39, 0.29) is 12.4 Å². The molecule has 1 atom stereocenters. The lowest BCUT2D eigenvalue weighted by Crippen LogP contribution is -2.36. The van der Waals surface area contributed by atoms with E-state index in [4.69, 9.17) is 9.47 Å². The summed E-state index contributed by atoms with van der Waals surface area (Å²) in [6.07, 6.45) is -0.810. The molecule has 2 aromatic carbocycles. The second-order valence-corrected chi connectivity index (χ2v) is 6.54. The summed E-state index contributed by atoms with van der Waals surface area (Å²) in [5.74, 6) is 0.367. The molecule has 0 saturated heterocycles. The predicted octanol–water partition coefficient (Wildman–Crippen LogP) is 3.13. The summed E-state index contributed by atoms with van der Waals surface area (Å²) in [5, 5.41) is 0. The molecule has 0 radical (unpaired) electrons. The molecule has 0 spiro atoms. The van der Waals surface area contributed by atoms with Crippen molar-refractivity contribution in [1.29, 1.82) is 0 Å². The maximum absolute atomic E-state index is 14.1. The fourth-order valence-corrected chi connectivity index (χ4v) is 3.89. The Hall–Kier alpha value is -2.67. The molecule has 1 aliphatic heterocycles. The Bertz CT molecular complexity index is 1020. The molecular formula is C18H15FN2O3S. The number of hydrogen-bond donors (Lipinski definition) is 0. The van der Waals surface area contributed by atoms with Crippen LogP contribution < -0.4 is 14.3 Å². The number of aryl methyl sites for hydroxylation is 1. The maximum Gasteiger partial charge on any atom is 0.292 e. The van der Waals surface area contributed by atoms with Crippen molar-refractivity contribution in [2.75, 3.05) is 6.61 Å². The van der Waals surface area contributed by atoms with E-state index in [1.54, 1.807) is 22.8 Å². The van der Waals surface area contributed by atoms with Gasteiger partial charge >= 0.3 is 0 Å². The molecule has 128 valence electrons. The minimum absolute atomic E-state index is 0.102. The van der Waals surface area contributed by atoms with Gasteiger partial charge in [0.15, 0.2) is 16.3 Å². The van der Waals surface area contributed by atoms with Gasteiger partial charge in [0.25, 0.3) is 5.91 Å². The van der Waals surface area contributed by atoms with Gasteiger partial charge in [-0.05, 0) is 31.2 Å². The first kappa shape index (κ1) is 15.8. The zero-order valence-corrected chi connectivity index (χ0v) is 14.3. The van der Waals surface area contributed by atoms with Crippen molar-refractivity contribution < 1.29 is 18.7 Å². The number of benzene rings is 2. The number of ether oxygens (including phenoxy) is 2. The SMILES string of the molecule is CCn1c(=NC(=O)C2COc3ccccc3O2)sc2cccc(F)c21. The summed E-state index contributed by atoms with van der Waals surface area (Å²) < 4.78 is 27.8. The monoisotopic (exact) mass is 358 g/mol. The minimum Gasteiger partial charge on any atom is -0.485 e. The van der Waals surface area contributed by atoms with Crippen LogP contribution in [0, 0.1) is 5.82 Å². The lowest BCUT2D eigenvalue weighted by Gasteiger charge is -2.23. The lowest BCUT2D eigenvalue weighted by atomic mass is 10.2. The van der Waals surface area contributed by atoms with Gasteiger partial charge in [-0.3, -0.25) is 4.79 Å². The summed E-state index contributed by atoms with van der Waals surface area (Å²) in [6, 6.07) is 12.0. The Morgan fingerprint density at radius 1 is 1.28 bits per heavy atom. The Balaban J connectivity index is 1.71. The number of nitrogens with zero attached hydrogens (tertiary/aromatic N) is 2. The standard InChI is InChI=1S/C18H15FN2O3S/c1-2-21-16-11(19)6-5-9-15(16)25-18(21)20-17(22)14-10-23-12-7-3-4-8-13(12)24-14/h3-9,14H,2,10H2,1H3. The topological polar surface area (TPSA) is 52.8 Å². The first-order valence-electron chi connectivity index (χ1n) is 7.92. The van der Waals surface area contributed by atoms with E-state index in [1.807, 2.05) is 25.1 Å². The largest absolute Gasteiger partial charge is 0.485 e. The minimum atomic E-state index is -0.810. The summed E-state index contributed by atoms with van der Waals surface area (Å²) in [5.41, 5.74) is 0.465. The molecule has 5 nitrogen and oxygen atoms in total. The van der Waals surface area contributed by atoms with Crippen molar-refractivity contribution in [2.45, 2.75) is 19.6 Å². The molecule has 0 N–H and O–H groups in total. The number of thiazole rings is 1. The highest BCUT2D eigenvalue weighted by Gasteiger charge is 2.27. The summed E-state index contributed by atoms with van der Waals surface area (Å²) in [4.78, 5) is 17.2. The molecule has 0 aliphatic carbocycles. The van der Waals surface area contributed by atoms with Crippen LogP contribution in [0.2, 0.25) is 0 Å². The second-order valence-electron chi connectivity index (χ2n) is 5.53. The van der Waals surface area contributed by atoms with E-state index in [2.05, 4.69) is 4.99 Å². The molecule has 7 heteroatoms. The Labute approximate surface area is 147 Å². The van der Waals surface area contributed by atoms with Gasteiger partial charge in [-0.2, -0.15) is 4.99 Å². The van der Waals surface area contributed by atoms with Crippen molar-refractivity contribution >= 4 is 27.5 Å². The highest BCUT2D eigenvalue weighted by molar-refractivity contribution is 7.16. The Morgan fingerprint density at radius 3 is 2.88 bits per heavy atom. The quantitative estimate of drug-likeness (QED) is 0.707. The number of rotatable bonds is 2. The molecule has 1 aliphatic rings. The van der Waals surface area contributed by atoms with Crippen molar-refractivity contribution in [3.63, 3.8) is 0 Å². The molecule has 3 aromatic rings. The highest BCUT2D eigenvalue weighted by atomic mass is 32.1. The molecule has 1 unspecified atom stereocenters. The van der Waals surface area contributed by atoms with E-state index < -0.39 is 12.0 Å². The smallest absolute Gasteiger partial charge is 0.292 e. The molecular weight excluding hydrogens is 343 g/mol. The van der Waals surface area contributed by atoms with Crippen molar-refractivity contribution in [3.8, 4) is 11.5 Å². The Kier molecular flexibility index (Phi) is 4.01. The molecule has 1 aromatic heterocycles. The van der Waals surface area contributed by atoms with Gasteiger partial charge in [-0.1, -0.05) is 29.5 Å². The van der Waals surface area contributed by atoms with Gasteiger partial charge in [-0.25, -0.2) is 4.39 Å². The van der Waals surface area contributed by atoms with Crippen LogP contribution in [0.5, 0.6) is 11.5 Å². The molecule has 2 heterocycles. The summed E-state index contributed by atoms with van der Waals surface area (Å²) >= 11 is 1.28. The van der Waals surface area contributed by atoms with E-state index >= 15 is 0 Å². The van der Waals surface area contributed by atoms with Gasteiger partial charge in [0, 0.05) is 6.54 Å². The van der Waals surface area contributed by atoms with Gasteiger partial charge in [0.05, 0.1) is 10.2 Å². The third-order valence-corrected chi connectivity index (χ3v) is 5.00. The summed E-state index contributed by atoms with van der Waals surface area (Å²) in [6.45, 7) is 2.50. The van der Waals surface area contributed by atoms with E-state index in [1.165, 1.54) is 17.4 Å². The van der Waals surface area contributed by atoms with Crippen LogP contribution in [-0.4, -0.2) is 23.2 Å². The highest BCUT2D eigenvalue weighted by Crippen LogP contribution is 2.31. The number of hydrogen-bond acceptors (Lipinski definition) is 4. The van der Waals surface area contributed by atoms with Gasteiger partial charge < -0.3 is 14.0 Å². The second kappa shape index (κ2) is 6.33. The van der Waals surface area contributed by atoms with Crippen LogP contribution in [0.4, 0.5) is 4.39 Å². The fraction of sp³-hybridized carbons (Fsp3) is 0.222. The van der Waals surface area contributed by atoms with Crippen LogP contribution in [0.1, 0.15) is 6.92 Å². The van der Waals surface area contributed by atoms with Crippen LogP contribution in [0.3, 0.4) is 0 Å². The molecule has 0 fully saturated rings. The fourth-order valence-electron chi connectivity index (χ4n) is 2.77. The van der Waals surface area contributed by atoms with Crippen molar-refractivity contribution in [3.05, 3.63) is 53.1 Å². The third kappa shape index (κ3) is 2.80. The third-order valence-electron chi connectivity index (χ3n) is 3.96. The average Bonchev–Trinajstić information content (AvgIpc) is 2.99. The van der Waals surface area contributed by atoms with Gasteiger partial charge in [0.2, 0.25) is 6.10 Å². The zero-order valence-electron chi connectivity index (χ0n) is 13.4. The van der Waals surface area contributed by atoms with Gasteiger partial charge in [-0.15, -0.1) is 0 Å². The van der Waals surface area contributed by atoms with Crippen LogP contribution in [-0.2, 0) is 11.3 Å². The van der Waals surface area contributed by atoms with Crippen LogP contribution in [0.15, 0.2) is 47.5 Å². The van der Waals surface area contributed by atoms with E-state index in [9.17, 15) is 9.18 Å². The average molecular weight is 358 g/mol.